The van der Waals surface area contributed by atoms with Crippen molar-refractivity contribution >= 4 is 28.3 Å². The number of hydrogen-bond acceptors (Lipinski definition) is 4. The summed E-state index contributed by atoms with van der Waals surface area (Å²) in [6.07, 6.45) is 0.687. The fourth-order valence-electron chi connectivity index (χ4n) is 2.92. The molecule has 1 saturated carbocycles. The summed E-state index contributed by atoms with van der Waals surface area (Å²) in [6, 6.07) is 8.18. The average Bonchev–Trinajstić information content (AvgIpc) is 3.34. The van der Waals surface area contributed by atoms with Gasteiger partial charge in [-0.3, -0.25) is 4.79 Å². The largest absolute Gasteiger partial charge is 0.383 e. The van der Waals surface area contributed by atoms with Crippen molar-refractivity contribution in [3.05, 3.63) is 47.9 Å². The molecule has 4 rings (SSSR count). The fourth-order valence-corrected chi connectivity index (χ4v) is 2.92. The number of carbonyl (C=O) groups is 1. The number of halogens is 2. The van der Waals surface area contributed by atoms with Crippen LogP contribution in [0.1, 0.15) is 12.0 Å². The first kappa shape index (κ1) is 16.4. The van der Waals surface area contributed by atoms with E-state index in [-0.39, 0.29) is 24.0 Å². The lowest BCUT2D eigenvalue weighted by molar-refractivity contribution is -0.117. The number of hydrogen-bond donors (Lipinski definition) is 2. The van der Waals surface area contributed by atoms with E-state index in [4.69, 9.17) is 5.73 Å². The van der Waals surface area contributed by atoms with Gasteiger partial charge in [-0.05, 0) is 42.5 Å². The van der Waals surface area contributed by atoms with Crippen LogP contribution in [-0.4, -0.2) is 22.0 Å². The van der Waals surface area contributed by atoms with Gasteiger partial charge in [-0.15, -0.1) is 0 Å². The van der Waals surface area contributed by atoms with Crippen molar-refractivity contribution in [2.24, 2.45) is 5.92 Å². The zero-order chi connectivity index (χ0) is 18.4. The Balaban J connectivity index is 1.74. The van der Waals surface area contributed by atoms with Crippen LogP contribution >= 0.6 is 0 Å². The summed E-state index contributed by atoms with van der Waals surface area (Å²) in [7, 11) is 0. The highest BCUT2D eigenvalue weighted by Crippen LogP contribution is 2.35. The zero-order valence-electron chi connectivity index (χ0n) is 14.0. The quantitative estimate of drug-likeness (QED) is 0.753. The number of amides is 1. The van der Waals surface area contributed by atoms with Gasteiger partial charge in [0.1, 0.15) is 23.6 Å². The first-order valence-corrected chi connectivity index (χ1v) is 8.20. The number of carbonyl (C=O) groups excluding carboxylic acids is 1. The Kier molecular flexibility index (Phi) is 3.79. The van der Waals surface area contributed by atoms with Crippen LogP contribution in [0.15, 0.2) is 36.5 Å². The minimum absolute atomic E-state index is 0.249. The Morgan fingerprint density at radius 1 is 1.35 bits per heavy atom. The highest BCUT2D eigenvalue weighted by molar-refractivity contribution is 5.98. The Hall–Kier alpha value is -3.09. The van der Waals surface area contributed by atoms with Crippen LogP contribution in [0, 0.1) is 18.7 Å². The van der Waals surface area contributed by atoms with Crippen molar-refractivity contribution in [3.63, 3.8) is 0 Å². The summed E-state index contributed by atoms with van der Waals surface area (Å²) in [5.41, 5.74) is 7.67. The van der Waals surface area contributed by atoms with Gasteiger partial charge in [0.25, 0.3) is 0 Å². The first-order valence-electron chi connectivity index (χ1n) is 8.20. The van der Waals surface area contributed by atoms with Gasteiger partial charge in [-0.1, -0.05) is 12.1 Å². The minimum Gasteiger partial charge on any atom is -0.383 e. The second-order valence-corrected chi connectivity index (χ2v) is 6.44. The van der Waals surface area contributed by atoms with Gasteiger partial charge in [0.05, 0.1) is 11.6 Å². The number of rotatable bonds is 3. The van der Waals surface area contributed by atoms with Gasteiger partial charge in [0.2, 0.25) is 5.91 Å². The van der Waals surface area contributed by atoms with Crippen LogP contribution in [0.2, 0.25) is 0 Å². The van der Waals surface area contributed by atoms with Gasteiger partial charge in [-0.25, -0.2) is 18.7 Å². The van der Waals surface area contributed by atoms with E-state index >= 15 is 0 Å². The molecule has 0 aliphatic heterocycles. The maximum atomic E-state index is 13.9. The molecule has 0 radical (unpaired) electrons. The summed E-state index contributed by atoms with van der Waals surface area (Å²) >= 11 is 0. The molecule has 2 heterocycles. The number of nitrogens with zero attached hydrogens (tertiary/aromatic N) is 2. The van der Waals surface area contributed by atoms with E-state index in [1.807, 2.05) is 0 Å². The number of fused-ring (bicyclic) bond motifs is 1. The molecule has 1 aliphatic rings. The topological polar surface area (TPSA) is 80.9 Å². The van der Waals surface area contributed by atoms with E-state index in [0.29, 0.717) is 33.4 Å². The molecule has 5 nitrogen and oxygen atoms in total. The third-order valence-electron chi connectivity index (χ3n) is 4.59. The maximum absolute atomic E-state index is 13.9. The number of nitrogens with two attached hydrogens (primary N) is 1. The number of alkyl halides is 1. The second-order valence-electron chi connectivity index (χ2n) is 6.44. The number of pyridine rings is 2. The SMILES string of the molecule is Cc1c(F)cccc1-c1cc2cc(NC(=O)[C@@H]3C[C@@H]3F)ncc2c(N)n1. The van der Waals surface area contributed by atoms with Crippen molar-refractivity contribution in [2.75, 3.05) is 11.1 Å². The van der Waals surface area contributed by atoms with Crippen molar-refractivity contribution < 1.29 is 13.6 Å². The van der Waals surface area contributed by atoms with E-state index < -0.39 is 12.1 Å². The second kappa shape index (κ2) is 6.01. The van der Waals surface area contributed by atoms with E-state index in [0.717, 1.165) is 0 Å². The van der Waals surface area contributed by atoms with Crippen LogP contribution in [0.3, 0.4) is 0 Å². The summed E-state index contributed by atoms with van der Waals surface area (Å²) in [6.45, 7) is 1.67. The molecule has 132 valence electrons. The summed E-state index contributed by atoms with van der Waals surface area (Å²) in [5.74, 6) is -0.726. The fraction of sp³-hybridized carbons (Fsp3) is 0.211. The molecule has 1 aromatic carbocycles. The highest BCUT2D eigenvalue weighted by atomic mass is 19.1. The molecule has 0 unspecified atom stereocenters. The molecule has 0 bridgehead atoms. The molecule has 1 fully saturated rings. The normalized spacial score (nSPS) is 18.7. The Morgan fingerprint density at radius 3 is 2.85 bits per heavy atom. The Labute approximate surface area is 148 Å². The predicted octanol–water partition coefficient (Wildman–Crippen LogP) is 3.62. The molecule has 26 heavy (non-hydrogen) atoms. The molecule has 7 heteroatoms. The molecule has 2 atom stereocenters. The number of anilines is 2. The van der Waals surface area contributed by atoms with Gasteiger partial charge in [0, 0.05) is 17.1 Å². The van der Waals surface area contributed by atoms with E-state index in [9.17, 15) is 13.6 Å². The molecule has 3 aromatic rings. The molecule has 0 spiro atoms. The van der Waals surface area contributed by atoms with Crippen LogP contribution in [0.5, 0.6) is 0 Å². The predicted molar refractivity (Wildman–Crippen MR) is 95.7 cm³/mol. The third-order valence-corrected chi connectivity index (χ3v) is 4.59. The number of nitrogen functional groups attached to an aromatic ring is 1. The zero-order valence-corrected chi connectivity index (χ0v) is 14.0. The van der Waals surface area contributed by atoms with Gasteiger partial charge in [0.15, 0.2) is 0 Å². The van der Waals surface area contributed by atoms with Gasteiger partial charge >= 0.3 is 0 Å². The highest BCUT2D eigenvalue weighted by Gasteiger charge is 2.43. The minimum atomic E-state index is -1.07. The standard InChI is InChI=1S/C19H16F2N4O/c1-9-11(3-2-4-14(9)20)16-5-10-6-17(23-8-13(10)18(22)24-16)25-19(26)12-7-15(12)21/h2-6,8,12,15H,7H2,1H3,(H2,22,24)(H,23,25,26)/t12-,15+/m1/s1. The van der Waals surface area contributed by atoms with E-state index in [1.165, 1.54) is 12.3 Å². The van der Waals surface area contributed by atoms with Crippen LogP contribution in [-0.2, 0) is 4.79 Å². The Morgan fingerprint density at radius 2 is 2.12 bits per heavy atom. The smallest absolute Gasteiger partial charge is 0.231 e. The number of benzene rings is 1. The third kappa shape index (κ3) is 2.85. The van der Waals surface area contributed by atoms with Gasteiger partial charge in [-0.2, -0.15) is 0 Å². The van der Waals surface area contributed by atoms with Crippen molar-refractivity contribution in [2.45, 2.75) is 19.5 Å². The van der Waals surface area contributed by atoms with Crippen molar-refractivity contribution in [3.8, 4) is 11.3 Å². The maximum Gasteiger partial charge on any atom is 0.231 e. The van der Waals surface area contributed by atoms with Gasteiger partial charge < -0.3 is 11.1 Å². The molecule has 1 amide bonds. The summed E-state index contributed by atoms with van der Waals surface area (Å²) < 4.78 is 26.9. The molecule has 0 saturated heterocycles. The molecular weight excluding hydrogens is 338 g/mol. The lowest BCUT2D eigenvalue weighted by Crippen LogP contribution is -2.15. The van der Waals surface area contributed by atoms with Crippen LogP contribution in [0.4, 0.5) is 20.4 Å². The lowest BCUT2D eigenvalue weighted by Gasteiger charge is -2.10. The van der Waals surface area contributed by atoms with E-state index in [2.05, 4.69) is 15.3 Å². The molecule has 3 N–H and O–H groups in total. The molecule has 2 aromatic heterocycles. The van der Waals surface area contributed by atoms with Crippen molar-refractivity contribution in [1.82, 2.24) is 9.97 Å². The Bertz CT molecular complexity index is 1040. The lowest BCUT2D eigenvalue weighted by atomic mass is 10.0. The van der Waals surface area contributed by atoms with Crippen molar-refractivity contribution in [1.29, 1.82) is 0 Å². The monoisotopic (exact) mass is 354 g/mol. The summed E-state index contributed by atoms with van der Waals surface area (Å²) in [4.78, 5) is 20.4. The number of aromatic nitrogens is 2. The summed E-state index contributed by atoms with van der Waals surface area (Å²) in [5, 5.41) is 3.94. The number of nitrogens with one attached hydrogen (secondary N) is 1. The molecular formula is C19H16F2N4O. The molecule has 1 aliphatic carbocycles. The van der Waals surface area contributed by atoms with Crippen LogP contribution in [0.25, 0.3) is 22.0 Å². The first-order chi connectivity index (χ1) is 12.4. The van der Waals surface area contributed by atoms with E-state index in [1.54, 1.807) is 31.2 Å². The van der Waals surface area contributed by atoms with Crippen LogP contribution < -0.4 is 11.1 Å². The average molecular weight is 354 g/mol.